The summed E-state index contributed by atoms with van der Waals surface area (Å²) in [6, 6.07) is 15.3. The lowest BCUT2D eigenvalue weighted by molar-refractivity contribution is 0.102. The van der Waals surface area contributed by atoms with Crippen LogP contribution in [0, 0.1) is 18.3 Å². The Morgan fingerprint density at radius 1 is 1.11 bits per heavy atom. The topological polar surface area (TPSA) is 125 Å². The molecule has 0 radical (unpaired) electrons. The van der Waals surface area contributed by atoms with Gasteiger partial charge in [0.2, 0.25) is 0 Å². The van der Waals surface area contributed by atoms with Gasteiger partial charge in [0.25, 0.3) is 15.9 Å². The summed E-state index contributed by atoms with van der Waals surface area (Å²) in [7, 11) is -3.84. The molecule has 1 aromatic heterocycles. The van der Waals surface area contributed by atoms with Crippen molar-refractivity contribution in [3.05, 3.63) is 71.5 Å². The third kappa shape index (κ3) is 4.31. The Morgan fingerprint density at radius 2 is 1.78 bits per heavy atom. The van der Waals surface area contributed by atoms with Gasteiger partial charge in [-0.05, 0) is 55.5 Å². The zero-order valence-electron chi connectivity index (χ0n) is 14.1. The Morgan fingerprint density at radius 3 is 2.33 bits per heavy atom. The van der Waals surface area contributed by atoms with Gasteiger partial charge in [-0.25, -0.2) is 8.42 Å². The molecule has 1 amide bonds. The van der Waals surface area contributed by atoms with E-state index in [9.17, 15) is 13.2 Å². The second-order valence-corrected chi connectivity index (χ2v) is 7.28. The molecule has 0 aliphatic rings. The van der Waals surface area contributed by atoms with Crippen LogP contribution in [0.3, 0.4) is 0 Å². The Bertz CT molecular complexity index is 1110. The average molecular weight is 382 g/mol. The molecule has 0 bridgehead atoms. The first-order valence-electron chi connectivity index (χ1n) is 7.75. The molecule has 0 spiro atoms. The minimum absolute atomic E-state index is 0.0157. The number of carbonyl (C=O) groups is 1. The van der Waals surface area contributed by atoms with Crippen molar-refractivity contribution in [1.82, 2.24) is 5.16 Å². The molecule has 2 aromatic carbocycles. The van der Waals surface area contributed by atoms with Crippen LogP contribution in [-0.4, -0.2) is 19.5 Å². The largest absolute Gasteiger partial charge is 0.360 e. The lowest BCUT2D eigenvalue weighted by Gasteiger charge is -2.07. The molecule has 0 atom stereocenters. The maximum Gasteiger partial charge on any atom is 0.263 e. The molecule has 1 heterocycles. The van der Waals surface area contributed by atoms with Gasteiger partial charge in [0.1, 0.15) is 5.76 Å². The number of carbonyl (C=O) groups excluding carboxylic acids is 1. The highest BCUT2D eigenvalue weighted by Crippen LogP contribution is 2.17. The van der Waals surface area contributed by atoms with Gasteiger partial charge in [0, 0.05) is 17.3 Å². The van der Waals surface area contributed by atoms with E-state index in [0.29, 0.717) is 17.0 Å². The van der Waals surface area contributed by atoms with E-state index < -0.39 is 15.9 Å². The second-order valence-electron chi connectivity index (χ2n) is 5.60. The van der Waals surface area contributed by atoms with Crippen LogP contribution in [0.4, 0.5) is 11.5 Å². The fourth-order valence-corrected chi connectivity index (χ4v) is 3.21. The van der Waals surface area contributed by atoms with E-state index in [0.717, 1.165) is 0 Å². The van der Waals surface area contributed by atoms with Gasteiger partial charge in [-0.3, -0.25) is 9.52 Å². The van der Waals surface area contributed by atoms with Crippen molar-refractivity contribution in [3.8, 4) is 6.07 Å². The number of nitriles is 1. The first-order valence-corrected chi connectivity index (χ1v) is 9.23. The highest BCUT2D eigenvalue weighted by atomic mass is 32.2. The van der Waals surface area contributed by atoms with Crippen LogP contribution >= 0.6 is 0 Å². The molecule has 0 saturated heterocycles. The molecule has 27 heavy (non-hydrogen) atoms. The number of hydrogen-bond donors (Lipinski definition) is 2. The molecule has 9 heteroatoms. The molecule has 0 fully saturated rings. The smallest absolute Gasteiger partial charge is 0.263 e. The Hall–Kier alpha value is -3.64. The van der Waals surface area contributed by atoms with E-state index >= 15 is 0 Å². The highest BCUT2D eigenvalue weighted by molar-refractivity contribution is 7.92. The highest BCUT2D eigenvalue weighted by Gasteiger charge is 2.17. The third-order valence-electron chi connectivity index (χ3n) is 3.57. The SMILES string of the molecule is Cc1cc(NS(=O)(=O)c2ccc(C(=O)Nc3ccc(C#N)cc3)cc2)no1. The number of nitrogens with one attached hydrogen (secondary N) is 2. The molecule has 2 N–H and O–H groups in total. The molecule has 3 rings (SSSR count). The number of benzene rings is 2. The fourth-order valence-electron chi connectivity index (χ4n) is 2.23. The van der Waals surface area contributed by atoms with Gasteiger partial charge < -0.3 is 9.84 Å². The number of hydrogen-bond acceptors (Lipinski definition) is 6. The lowest BCUT2D eigenvalue weighted by Crippen LogP contribution is -2.15. The number of aryl methyl sites for hydroxylation is 1. The van der Waals surface area contributed by atoms with Gasteiger partial charge >= 0.3 is 0 Å². The van der Waals surface area contributed by atoms with Crippen LogP contribution in [0.1, 0.15) is 21.7 Å². The second kappa shape index (κ2) is 7.31. The van der Waals surface area contributed by atoms with Gasteiger partial charge in [0.15, 0.2) is 5.82 Å². The van der Waals surface area contributed by atoms with Crippen LogP contribution in [0.2, 0.25) is 0 Å². The Kier molecular flexibility index (Phi) is 4.92. The first kappa shape index (κ1) is 18.2. The number of amides is 1. The molecule has 0 aliphatic carbocycles. The molecule has 0 unspecified atom stereocenters. The third-order valence-corrected chi connectivity index (χ3v) is 4.94. The quantitative estimate of drug-likeness (QED) is 0.699. The normalized spacial score (nSPS) is 10.8. The number of aromatic nitrogens is 1. The maximum atomic E-state index is 12.3. The summed E-state index contributed by atoms with van der Waals surface area (Å²) in [6.07, 6.45) is 0. The zero-order chi connectivity index (χ0) is 19.4. The van der Waals surface area contributed by atoms with Gasteiger partial charge in [0.05, 0.1) is 16.5 Å². The number of nitrogens with zero attached hydrogens (tertiary/aromatic N) is 2. The summed E-state index contributed by atoms with van der Waals surface area (Å²) in [5.41, 5.74) is 1.30. The summed E-state index contributed by atoms with van der Waals surface area (Å²) in [4.78, 5) is 12.2. The van der Waals surface area contributed by atoms with E-state index in [1.165, 1.54) is 30.3 Å². The summed E-state index contributed by atoms with van der Waals surface area (Å²) in [5, 5.41) is 15.0. The van der Waals surface area contributed by atoms with Gasteiger partial charge in [-0.1, -0.05) is 5.16 Å². The number of rotatable bonds is 5. The Labute approximate surface area is 155 Å². The molecule has 3 aromatic rings. The van der Waals surface area contributed by atoms with E-state index in [1.807, 2.05) is 6.07 Å². The summed E-state index contributed by atoms with van der Waals surface area (Å²) < 4.78 is 31.8. The molecule has 8 nitrogen and oxygen atoms in total. The van der Waals surface area contributed by atoms with Crippen LogP contribution < -0.4 is 10.0 Å². The van der Waals surface area contributed by atoms with Crippen molar-refractivity contribution in [1.29, 1.82) is 5.26 Å². The minimum atomic E-state index is -3.84. The summed E-state index contributed by atoms with van der Waals surface area (Å²) >= 11 is 0. The van der Waals surface area contributed by atoms with Crippen molar-refractivity contribution < 1.29 is 17.7 Å². The number of anilines is 2. The van der Waals surface area contributed by atoms with E-state index in [2.05, 4.69) is 15.2 Å². The monoisotopic (exact) mass is 382 g/mol. The van der Waals surface area contributed by atoms with Crippen molar-refractivity contribution in [2.24, 2.45) is 0 Å². The maximum absolute atomic E-state index is 12.3. The predicted octanol–water partition coefficient (Wildman–Crippen LogP) is 2.91. The van der Waals surface area contributed by atoms with Crippen molar-refractivity contribution in [2.45, 2.75) is 11.8 Å². The van der Waals surface area contributed by atoms with Crippen molar-refractivity contribution in [3.63, 3.8) is 0 Å². The van der Waals surface area contributed by atoms with Crippen LogP contribution in [0.15, 0.2) is 64.0 Å². The summed E-state index contributed by atoms with van der Waals surface area (Å²) in [5.74, 6) is 0.154. The first-order chi connectivity index (χ1) is 12.9. The van der Waals surface area contributed by atoms with Crippen LogP contribution in [-0.2, 0) is 10.0 Å². The van der Waals surface area contributed by atoms with Crippen molar-refractivity contribution in [2.75, 3.05) is 10.0 Å². The van der Waals surface area contributed by atoms with E-state index in [-0.39, 0.29) is 16.3 Å². The Balaban J connectivity index is 1.72. The minimum Gasteiger partial charge on any atom is -0.360 e. The molecular weight excluding hydrogens is 368 g/mol. The molecule has 136 valence electrons. The van der Waals surface area contributed by atoms with Crippen molar-refractivity contribution >= 4 is 27.4 Å². The average Bonchev–Trinajstić information content (AvgIpc) is 3.06. The fraction of sp³-hybridized carbons (Fsp3) is 0.0556. The molecular formula is C18H14N4O4S. The summed E-state index contributed by atoms with van der Waals surface area (Å²) in [6.45, 7) is 1.64. The zero-order valence-corrected chi connectivity index (χ0v) is 14.9. The molecule has 0 saturated carbocycles. The lowest BCUT2D eigenvalue weighted by atomic mass is 10.2. The van der Waals surface area contributed by atoms with E-state index in [1.54, 1.807) is 31.2 Å². The molecule has 0 aliphatic heterocycles. The standard InChI is InChI=1S/C18H14N4O4S/c1-12-10-17(21-26-12)22-27(24,25)16-8-4-14(5-9-16)18(23)20-15-6-2-13(11-19)3-7-15/h2-10H,1H3,(H,20,23)(H,21,22). The van der Waals surface area contributed by atoms with Gasteiger partial charge in [-0.15, -0.1) is 0 Å². The predicted molar refractivity (Wildman–Crippen MR) is 97.6 cm³/mol. The van der Waals surface area contributed by atoms with E-state index in [4.69, 9.17) is 9.78 Å². The van der Waals surface area contributed by atoms with Crippen LogP contribution in [0.5, 0.6) is 0 Å². The number of sulfonamides is 1. The van der Waals surface area contributed by atoms with Gasteiger partial charge in [-0.2, -0.15) is 5.26 Å². The van der Waals surface area contributed by atoms with Crippen LogP contribution in [0.25, 0.3) is 0 Å².